The molecule has 0 aliphatic rings. The number of carboxylic acids is 1. The minimum absolute atomic E-state index is 0.217. The molecular weight excluding hydrogens is 267 g/mol. The van der Waals surface area contributed by atoms with E-state index in [1.807, 2.05) is 0 Å². The zero-order valence-electron chi connectivity index (χ0n) is 11.2. The SMILES string of the molecule is Cc1cc(NC(=O)NCC(C)(O)CC(=O)O)ccc1F. The normalized spacial score (nSPS) is 13.4. The van der Waals surface area contributed by atoms with Gasteiger partial charge < -0.3 is 20.8 Å². The monoisotopic (exact) mass is 284 g/mol. The van der Waals surface area contributed by atoms with Crippen molar-refractivity contribution in [1.29, 1.82) is 0 Å². The third-order valence-corrected chi connectivity index (χ3v) is 2.58. The second kappa shape index (κ2) is 6.33. The van der Waals surface area contributed by atoms with Crippen molar-refractivity contribution in [3.8, 4) is 0 Å². The molecule has 1 rings (SSSR count). The summed E-state index contributed by atoms with van der Waals surface area (Å²) in [5.41, 5.74) is -0.748. The number of aliphatic hydroxyl groups is 1. The number of benzene rings is 1. The van der Waals surface area contributed by atoms with Crippen molar-refractivity contribution in [2.45, 2.75) is 25.9 Å². The maximum atomic E-state index is 13.0. The van der Waals surface area contributed by atoms with E-state index in [9.17, 15) is 19.1 Å². The standard InChI is InChI=1S/C13H17FN2O4/c1-8-5-9(3-4-10(8)14)16-12(19)15-7-13(2,20)6-11(17)18/h3-5,20H,6-7H2,1-2H3,(H,17,18)(H2,15,16,19). The van der Waals surface area contributed by atoms with Gasteiger partial charge in [-0.3, -0.25) is 4.79 Å². The van der Waals surface area contributed by atoms with Gasteiger partial charge in [-0.15, -0.1) is 0 Å². The number of amides is 2. The molecule has 0 aliphatic carbocycles. The maximum Gasteiger partial charge on any atom is 0.319 e. The van der Waals surface area contributed by atoms with E-state index in [4.69, 9.17) is 5.11 Å². The molecule has 0 fully saturated rings. The van der Waals surface area contributed by atoms with Gasteiger partial charge in [-0.2, -0.15) is 0 Å². The number of carboxylic acid groups (broad SMARTS) is 1. The van der Waals surface area contributed by atoms with Crippen LogP contribution in [-0.4, -0.2) is 34.4 Å². The fourth-order valence-electron chi connectivity index (χ4n) is 1.56. The van der Waals surface area contributed by atoms with Crippen molar-refractivity contribution in [2.24, 2.45) is 0 Å². The number of urea groups is 1. The van der Waals surface area contributed by atoms with E-state index in [-0.39, 0.29) is 12.4 Å². The highest BCUT2D eigenvalue weighted by Gasteiger charge is 2.24. The Labute approximate surface area is 115 Å². The number of carbonyl (C=O) groups is 2. The Kier molecular flexibility index (Phi) is 5.04. The molecule has 1 aromatic rings. The molecular formula is C13H17FN2O4. The van der Waals surface area contributed by atoms with Crippen LogP contribution in [0.5, 0.6) is 0 Å². The number of hydrogen-bond acceptors (Lipinski definition) is 3. The van der Waals surface area contributed by atoms with Gasteiger partial charge >= 0.3 is 12.0 Å². The van der Waals surface area contributed by atoms with Crippen LogP contribution in [0, 0.1) is 12.7 Å². The number of rotatable bonds is 5. The van der Waals surface area contributed by atoms with Gasteiger partial charge in [-0.25, -0.2) is 9.18 Å². The van der Waals surface area contributed by atoms with Crippen LogP contribution >= 0.6 is 0 Å². The molecule has 110 valence electrons. The maximum absolute atomic E-state index is 13.0. The van der Waals surface area contributed by atoms with Crippen molar-refractivity contribution in [3.05, 3.63) is 29.6 Å². The highest BCUT2D eigenvalue weighted by Crippen LogP contribution is 2.13. The lowest BCUT2D eigenvalue weighted by molar-refractivity contribution is -0.141. The fourth-order valence-corrected chi connectivity index (χ4v) is 1.56. The topological polar surface area (TPSA) is 98.7 Å². The second-order valence-electron chi connectivity index (χ2n) is 4.84. The quantitative estimate of drug-likeness (QED) is 0.658. The van der Waals surface area contributed by atoms with Gasteiger partial charge in [-0.05, 0) is 37.6 Å². The largest absolute Gasteiger partial charge is 0.481 e. The van der Waals surface area contributed by atoms with E-state index in [0.29, 0.717) is 11.3 Å². The predicted octanol–water partition coefficient (Wildman–Crippen LogP) is 1.48. The van der Waals surface area contributed by atoms with Crippen LogP contribution in [0.2, 0.25) is 0 Å². The lowest BCUT2D eigenvalue weighted by Gasteiger charge is -2.21. The predicted molar refractivity (Wildman–Crippen MR) is 71.0 cm³/mol. The summed E-state index contributed by atoms with van der Waals surface area (Å²) in [6.07, 6.45) is -0.483. The number of carbonyl (C=O) groups excluding carboxylic acids is 1. The Hall–Kier alpha value is -2.15. The van der Waals surface area contributed by atoms with Gasteiger partial charge in [0.15, 0.2) is 0 Å². The van der Waals surface area contributed by atoms with Crippen molar-refractivity contribution in [1.82, 2.24) is 5.32 Å². The van der Waals surface area contributed by atoms with Crippen molar-refractivity contribution in [2.75, 3.05) is 11.9 Å². The van der Waals surface area contributed by atoms with Gasteiger partial charge in [0.1, 0.15) is 5.82 Å². The number of aryl methyl sites for hydroxylation is 1. The van der Waals surface area contributed by atoms with Crippen molar-refractivity contribution in [3.63, 3.8) is 0 Å². The van der Waals surface area contributed by atoms with Gasteiger partial charge in [0.25, 0.3) is 0 Å². The van der Waals surface area contributed by atoms with Gasteiger partial charge in [-0.1, -0.05) is 0 Å². The Bertz CT molecular complexity index is 517. The first-order valence-corrected chi connectivity index (χ1v) is 5.95. The highest BCUT2D eigenvalue weighted by molar-refractivity contribution is 5.89. The summed E-state index contributed by atoms with van der Waals surface area (Å²) in [5.74, 6) is -1.54. The molecule has 1 aromatic carbocycles. The number of halogens is 1. The lowest BCUT2D eigenvalue weighted by atomic mass is 10.0. The first-order chi connectivity index (χ1) is 9.19. The Morgan fingerprint density at radius 3 is 2.60 bits per heavy atom. The van der Waals surface area contributed by atoms with Crippen LogP contribution in [0.25, 0.3) is 0 Å². The molecule has 20 heavy (non-hydrogen) atoms. The fraction of sp³-hybridized carbons (Fsp3) is 0.385. The minimum Gasteiger partial charge on any atom is -0.481 e. The highest BCUT2D eigenvalue weighted by atomic mass is 19.1. The number of nitrogens with one attached hydrogen (secondary N) is 2. The van der Waals surface area contributed by atoms with E-state index >= 15 is 0 Å². The minimum atomic E-state index is -1.54. The molecule has 1 atom stereocenters. The molecule has 0 radical (unpaired) electrons. The lowest BCUT2D eigenvalue weighted by Crippen LogP contribution is -2.43. The average molecular weight is 284 g/mol. The average Bonchev–Trinajstić information content (AvgIpc) is 2.30. The first-order valence-electron chi connectivity index (χ1n) is 5.95. The van der Waals surface area contributed by atoms with Crippen molar-refractivity contribution >= 4 is 17.7 Å². The molecule has 0 heterocycles. The number of hydrogen-bond donors (Lipinski definition) is 4. The van der Waals surface area contributed by atoms with Gasteiger partial charge in [0.05, 0.1) is 12.0 Å². The van der Waals surface area contributed by atoms with Crippen molar-refractivity contribution < 1.29 is 24.2 Å². The molecule has 4 N–H and O–H groups in total. The molecule has 0 saturated carbocycles. The van der Waals surface area contributed by atoms with E-state index < -0.39 is 24.0 Å². The molecule has 7 heteroatoms. The zero-order chi connectivity index (χ0) is 15.3. The van der Waals surface area contributed by atoms with E-state index in [1.165, 1.54) is 25.1 Å². The number of aliphatic carboxylic acids is 1. The molecule has 6 nitrogen and oxygen atoms in total. The summed E-state index contributed by atoms with van der Waals surface area (Å²) >= 11 is 0. The van der Waals surface area contributed by atoms with Crippen LogP contribution < -0.4 is 10.6 Å². The van der Waals surface area contributed by atoms with E-state index in [2.05, 4.69) is 10.6 Å². The second-order valence-corrected chi connectivity index (χ2v) is 4.84. The summed E-state index contributed by atoms with van der Waals surface area (Å²) < 4.78 is 13.0. The molecule has 0 spiro atoms. The first kappa shape index (κ1) is 15.9. The Morgan fingerprint density at radius 2 is 2.05 bits per heavy atom. The molecule has 2 amide bonds. The van der Waals surface area contributed by atoms with Gasteiger partial charge in [0, 0.05) is 12.2 Å². The van der Waals surface area contributed by atoms with Crippen LogP contribution in [0.4, 0.5) is 14.9 Å². The summed E-state index contributed by atoms with van der Waals surface area (Å²) in [6, 6.07) is 3.48. The third-order valence-electron chi connectivity index (χ3n) is 2.58. The third kappa shape index (κ3) is 5.23. The zero-order valence-corrected chi connectivity index (χ0v) is 11.2. The van der Waals surface area contributed by atoms with Gasteiger partial charge in [0.2, 0.25) is 0 Å². The smallest absolute Gasteiger partial charge is 0.319 e. The van der Waals surface area contributed by atoms with Crippen LogP contribution in [0.3, 0.4) is 0 Å². The Morgan fingerprint density at radius 1 is 1.40 bits per heavy atom. The molecule has 1 unspecified atom stereocenters. The molecule has 0 aliphatic heterocycles. The summed E-state index contributed by atoms with van der Waals surface area (Å²) in [5, 5.41) is 23.1. The summed E-state index contributed by atoms with van der Waals surface area (Å²) in [4.78, 5) is 22.1. The van der Waals surface area contributed by atoms with Crippen LogP contribution in [0.15, 0.2) is 18.2 Å². The van der Waals surface area contributed by atoms with Crippen LogP contribution in [0.1, 0.15) is 18.9 Å². The summed E-state index contributed by atoms with van der Waals surface area (Å²) in [6.45, 7) is 2.66. The van der Waals surface area contributed by atoms with E-state index in [1.54, 1.807) is 6.92 Å². The molecule has 0 aromatic heterocycles. The number of anilines is 1. The molecule has 0 bridgehead atoms. The molecule has 0 saturated heterocycles. The van der Waals surface area contributed by atoms with E-state index in [0.717, 1.165) is 0 Å². The Balaban J connectivity index is 2.51. The van der Waals surface area contributed by atoms with Crippen LogP contribution in [-0.2, 0) is 4.79 Å². The summed E-state index contributed by atoms with van der Waals surface area (Å²) in [7, 11) is 0.